The van der Waals surface area contributed by atoms with Gasteiger partial charge >= 0.3 is 0 Å². The van der Waals surface area contributed by atoms with Gasteiger partial charge in [-0.3, -0.25) is 0 Å². The number of nitriles is 1. The molecule has 0 spiro atoms. The Hall–Kier alpha value is -2.75. The summed E-state index contributed by atoms with van der Waals surface area (Å²) in [5.41, 5.74) is 2.61. The van der Waals surface area contributed by atoms with Crippen molar-refractivity contribution in [3.8, 4) is 6.07 Å². The molecule has 0 aliphatic carbocycles. The minimum atomic E-state index is -0.0841. The van der Waals surface area contributed by atoms with Gasteiger partial charge in [-0.15, -0.1) is 0 Å². The molecule has 1 aliphatic rings. The highest BCUT2D eigenvalue weighted by atomic mass is 15.3. The van der Waals surface area contributed by atoms with E-state index in [-0.39, 0.29) is 5.41 Å². The quantitative estimate of drug-likeness (QED) is 0.827. The van der Waals surface area contributed by atoms with Crippen LogP contribution in [0.2, 0.25) is 0 Å². The van der Waals surface area contributed by atoms with Crippen LogP contribution in [0, 0.1) is 18.3 Å². The van der Waals surface area contributed by atoms with E-state index in [0.29, 0.717) is 11.6 Å². The summed E-state index contributed by atoms with van der Waals surface area (Å²) in [6.45, 7) is 14.0. The second-order valence-electron chi connectivity index (χ2n) is 7.87. The van der Waals surface area contributed by atoms with Crippen molar-refractivity contribution in [2.45, 2.75) is 46.5 Å². The van der Waals surface area contributed by atoms with Gasteiger partial charge in [0, 0.05) is 49.0 Å². The molecule has 3 rings (SSSR count). The maximum atomic E-state index is 9.05. The molecular weight excluding hydrogens is 338 g/mol. The molecule has 142 valence electrons. The third kappa shape index (κ3) is 4.00. The van der Waals surface area contributed by atoms with E-state index in [9.17, 15) is 0 Å². The molecule has 7 heteroatoms. The lowest BCUT2D eigenvalue weighted by atomic mass is 9.95. The fraction of sp³-hybridized carbons (Fsp3) is 0.550. The molecule has 0 atom stereocenters. The molecule has 0 aromatic carbocycles. The van der Waals surface area contributed by atoms with Crippen LogP contribution in [0.15, 0.2) is 12.3 Å². The van der Waals surface area contributed by atoms with Crippen LogP contribution in [0.1, 0.15) is 50.5 Å². The molecule has 3 heterocycles. The highest BCUT2D eigenvalue weighted by Crippen LogP contribution is 2.27. The number of nitrogens with zero attached hydrogens (tertiary/aromatic N) is 7. The first-order valence-corrected chi connectivity index (χ1v) is 9.44. The summed E-state index contributed by atoms with van der Waals surface area (Å²) in [7, 11) is 0. The molecular formula is C20H27N7. The lowest BCUT2D eigenvalue weighted by Crippen LogP contribution is -2.48. The Morgan fingerprint density at radius 1 is 1.07 bits per heavy atom. The summed E-state index contributed by atoms with van der Waals surface area (Å²) in [5.74, 6) is 2.57. The van der Waals surface area contributed by atoms with Crippen molar-refractivity contribution < 1.29 is 0 Å². The topological polar surface area (TPSA) is 81.8 Å². The van der Waals surface area contributed by atoms with Crippen molar-refractivity contribution in [1.82, 2.24) is 19.9 Å². The van der Waals surface area contributed by atoms with Gasteiger partial charge in [0.25, 0.3) is 0 Å². The molecule has 0 bridgehead atoms. The zero-order chi connectivity index (χ0) is 19.6. The van der Waals surface area contributed by atoms with Crippen LogP contribution in [0.5, 0.6) is 0 Å². The molecule has 2 aromatic rings. The van der Waals surface area contributed by atoms with Crippen molar-refractivity contribution in [1.29, 1.82) is 5.26 Å². The molecule has 0 N–H and O–H groups in total. The van der Waals surface area contributed by atoms with E-state index < -0.39 is 0 Å². The average molecular weight is 365 g/mol. The van der Waals surface area contributed by atoms with Crippen molar-refractivity contribution in [2.75, 3.05) is 36.0 Å². The number of hydrogen-bond donors (Lipinski definition) is 0. The Kier molecular flexibility index (Phi) is 5.26. The van der Waals surface area contributed by atoms with Gasteiger partial charge in [-0.25, -0.2) is 19.9 Å². The minimum absolute atomic E-state index is 0.0841. The predicted molar refractivity (Wildman–Crippen MR) is 106 cm³/mol. The highest BCUT2D eigenvalue weighted by molar-refractivity contribution is 5.51. The summed E-state index contributed by atoms with van der Waals surface area (Å²) in [6, 6.07) is 3.71. The van der Waals surface area contributed by atoms with Crippen molar-refractivity contribution in [3.63, 3.8) is 0 Å². The van der Waals surface area contributed by atoms with Gasteiger partial charge in [-0.05, 0) is 19.4 Å². The fourth-order valence-electron chi connectivity index (χ4n) is 3.27. The lowest BCUT2D eigenvalue weighted by molar-refractivity contribution is 0.537. The number of rotatable bonds is 3. The molecule has 2 aromatic heterocycles. The molecule has 0 unspecified atom stereocenters. The molecule has 0 radical (unpaired) electrons. The molecule has 27 heavy (non-hydrogen) atoms. The van der Waals surface area contributed by atoms with Crippen LogP contribution in [0.3, 0.4) is 0 Å². The van der Waals surface area contributed by atoms with E-state index in [0.717, 1.165) is 49.9 Å². The first kappa shape index (κ1) is 19.0. The maximum absolute atomic E-state index is 9.05. The van der Waals surface area contributed by atoms with Crippen LogP contribution in [0.25, 0.3) is 0 Å². The zero-order valence-corrected chi connectivity index (χ0v) is 16.8. The van der Waals surface area contributed by atoms with Gasteiger partial charge in [-0.1, -0.05) is 27.7 Å². The summed E-state index contributed by atoms with van der Waals surface area (Å²) >= 11 is 0. The second kappa shape index (κ2) is 7.47. The van der Waals surface area contributed by atoms with Crippen molar-refractivity contribution in [2.24, 2.45) is 0 Å². The normalized spacial score (nSPS) is 15.0. The van der Waals surface area contributed by atoms with Crippen LogP contribution < -0.4 is 9.80 Å². The molecule has 1 aliphatic heterocycles. The monoisotopic (exact) mass is 365 g/mol. The predicted octanol–water partition coefficient (Wildman–Crippen LogP) is 2.63. The number of hydrogen-bond acceptors (Lipinski definition) is 7. The van der Waals surface area contributed by atoms with E-state index in [1.54, 1.807) is 12.3 Å². The van der Waals surface area contributed by atoms with E-state index in [1.807, 2.05) is 0 Å². The minimum Gasteiger partial charge on any atom is -0.353 e. The summed E-state index contributed by atoms with van der Waals surface area (Å²) < 4.78 is 0. The number of aromatic nitrogens is 4. The standard InChI is InChI=1S/C20H27N7/c1-6-16-14(2)23-18(20(3,4)5)25-17(16)26-9-11-27(12-10-26)19-22-8-7-15(13-21)24-19/h7-8H,6,9-12H2,1-5H3. The van der Waals surface area contributed by atoms with Crippen LogP contribution in [-0.2, 0) is 11.8 Å². The molecule has 7 nitrogen and oxygen atoms in total. The van der Waals surface area contributed by atoms with Gasteiger partial charge in [-0.2, -0.15) is 5.26 Å². The lowest BCUT2D eigenvalue weighted by Gasteiger charge is -2.37. The van der Waals surface area contributed by atoms with Crippen molar-refractivity contribution in [3.05, 3.63) is 35.0 Å². The van der Waals surface area contributed by atoms with Gasteiger partial charge in [0.15, 0.2) is 0 Å². The van der Waals surface area contributed by atoms with E-state index in [1.165, 1.54) is 5.56 Å². The van der Waals surface area contributed by atoms with E-state index >= 15 is 0 Å². The maximum Gasteiger partial charge on any atom is 0.226 e. The third-order valence-corrected chi connectivity index (χ3v) is 4.84. The van der Waals surface area contributed by atoms with Crippen LogP contribution in [-0.4, -0.2) is 46.1 Å². The number of aryl methyl sites for hydroxylation is 1. The average Bonchev–Trinajstić information content (AvgIpc) is 2.67. The molecule has 0 amide bonds. The molecule has 1 fully saturated rings. The van der Waals surface area contributed by atoms with Gasteiger partial charge in [0.1, 0.15) is 23.4 Å². The van der Waals surface area contributed by atoms with Gasteiger partial charge in [0.05, 0.1) is 0 Å². The summed E-state index contributed by atoms with van der Waals surface area (Å²) in [5, 5.41) is 9.05. The smallest absolute Gasteiger partial charge is 0.226 e. The Balaban J connectivity index is 1.83. The Bertz CT molecular complexity index is 856. The van der Waals surface area contributed by atoms with Crippen LogP contribution >= 0.6 is 0 Å². The Morgan fingerprint density at radius 2 is 1.74 bits per heavy atom. The summed E-state index contributed by atoms with van der Waals surface area (Å²) in [6.07, 6.45) is 2.56. The SMILES string of the molecule is CCc1c(C)nc(C(C)(C)C)nc1N1CCN(c2nccc(C#N)n2)CC1. The van der Waals surface area contributed by atoms with E-state index in [2.05, 4.69) is 60.5 Å². The van der Waals surface area contributed by atoms with Gasteiger partial charge in [0.2, 0.25) is 5.95 Å². The van der Waals surface area contributed by atoms with Crippen LogP contribution in [0.4, 0.5) is 11.8 Å². The zero-order valence-electron chi connectivity index (χ0n) is 16.8. The molecule has 0 saturated carbocycles. The Morgan fingerprint density at radius 3 is 2.33 bits per heavy atom. The van der Waals surface area contributed by atoms with Crippen molar-refractivity contribution >= 4 is 11.8 Å². The third-order valence-electron chi connectivity index (χ3n) is 4.84. The molecule has 1 saturated heterocycles. The number of anilines is 2. The first-order valence-electron chi connectivity index (χ1n) is 9.44. The fourth-order valence-corrected chi connectivity index (χ4v) is 3.27. The first-order chi connectivity index (χ1) is 12.8. The number of piperazine rings is 1. The second-order valence-corrected chi connectivity index (χ2v) is 7.87. The largest absolute Gasteiger partial charge is 0.353 e. The highest BCUT2D eigenvalue weighted by Gasteiger charge is 2.26. The van der Waals surface area contributed by atoms with E-state index in [4.69, 9.17) is 15.2 Å². The van der Waals surface area contributed by atoms with Gasteiger partial charge < -0.3 is 9.80 Å². The Labute approximate surface area is 161 Å². The summed E-state index contributed by atoms with van der Waals surface area (Å²) in [4.78, 5) is 22.8.